The summed E-state index contributed by atoms with van der Waals surface area (Å²) in [6, 6.07) is 4.72. The number of hydrogen-bond donors (Lipinski definition) is 5. The molecule has 7 aliphatic rings. The van der Waals surface area contributed by atoms with Gasteiger partial charge in [-0.05, 0) is 51.7 Å². The number of nitrogens with two attached hydrogens (primary N) is 1. The number of halogens is 2. The van der Waals surface area contributed by atoms with Crippen molar-refractivity contribution >= 4 is 34.7 Å². The second-order valence-electron chi connectivity index (χ2n) is 12.6. The third kappa shape index (κ3) is 5.24. The number of ether oxygens (including phenoxy) is 4. The van der Waals surface area contributed by atoms with Crippen LogP contribution in [0.5, 0.6) is 11.5 Å². The third-order valence-electron chi connectivity index (χ3n) is 8.98. The van der Waals surface area contributed by atoms with E-state index >= 15 is 0 Å². The van der Waals surface area contributed by atoms with Crippen LogP contribution in [-0.2, 0) is 19.0 Å². The number of carbonyl (C=O) groups is 1. The van der Waals surface area contributed by atoms with Gasteiger partial charge in [0.1, 0.15) is 24.9 Å². The summed E-state index contributed by atoms with van der Waals surface area (Å²) in [5.41, 5.74) is 5.98. The first kappa shape index (κ1) is 32.2. The molecule has 0 spiro atoms. The molecule has 242 valence electrons. The Labute approximate surface area is 270 Å². The molecule has 6 bridgehead atoms. The summed E-state index contributed by atoms with van der Waals surface area (Å²) in [4.78, 5) is 14.3. The molecule has 0 amide bonds. The number of esters is 1. The molecule has 0 saturated carbocycles. The van der Waals surface area contributed by atoms with Crippen LogP contribution in [-0.4, -0.2) is 87.7 Å². The molecule has 13 heteroatoms. The lowest BCUT2D eigenvalue weighted by atomic mass is 9.86. The Morgan fingerprint density at radius 3 is 2.49 bits per heavy atom. The van der Waals surface area contributed by atoms with Crippen molar-refractivity contribution in [2.45, 2.75) is 74.3 Å². The van der Waals surface area contributed by atoms with Gasteiger partial charge in [0.05, 0.1) is 28.1 Å². The summed E-state index contributed by atoms with van der Waals surface area (Å²) in [7, 11) is 3.57. The minimum absolute atomic E-state index is 0.0227. The van der Waals surface area contributed by atoms with Crippen LogP contribution >= 0.6 is 23.2 Å². The number of phenolic OH excluding ortho intramolecular Hbond substituents is 1. The number of carbonyl (C=O) groups excluding carboxylic acids is 1. The number of allylic oxidation sites excluding steroid dienone is 2. The normalized spacial score (nSPS) is 33.7. The number of aromatic hydroxyl groups is 1. The van der Waals surface area contributed by atoms with E-state index < -0.39 is 60.0 Å². The summed E-state index contributed by atoms with van der Waals surface area (Å²) in [5.74, 6) is -1.08. The molecule has 11 nitrogen and oxygen atoms in total. The van der Waals surface area contributed by atoms with E-state index in [2.05, 4.69) is 0 Å². The molecule has 2 aliphatic carbocycles. The van der Waals surface area contributed by atoms with E-state index in [1.807, 2.05) is 0 Å². The maximum atomic E-state index is 12.6. The summed E-state index contributed by atoms with van der Waals surface area (Å²) in [6.07, 6.45) is -1.35. The molecule has 45 heavy (non-hydrogen) atoms. The second kappa shape index (κ2) is 11.5. The van der Waals surface area contributed by atoms with Crippen molar-refractivity contribution in [2.75, 3.05) is 20.7 Å². The van der Waals surface area contributed by atoms with Gasteiger partial charge in [0.15, 0.2) is 29.5 Å². The maximum Gasteiger partial charge on any atom is 0.307 e. The lowest BCUT2D eigenvalue weighted by Crippen LogP contribution is -2.67. The van der Waals surface area contributed by atoms with Crippen molar-refractivity contribution in [3.8, 4) is 11.5 Å². The van der Waals surface area contributed by atoms with Crippen molar-refractivity contribution < 1.29 is 44.2 Å². The number of fused-ring (bicyclic) bond motifs is 1. The number of nitrogens with zero attached hydrogens (tertiary/aromatic N) is 1. The topological polar surface area (TPSA) is 164 Å². The fourth-order valence-electron chi connectivity index (χ4n) is 6.99. The Balaban J connectivity index is 1.50. The van der Waals surface area contributed by atoms with Crippen molar-refractivity contribution in [3.05, 3.63) is 74.8 Å². The van der Waals surface area contributed by atoms with Gasteiger partial charge in [-0.2, -0.15) is 0 Å². The van der Waals surface area contributed by atoms with Gasteiger partial charge in [-0.1, -0.05) is 47.5 Å². The number of aliphatic hydroxyl groups excluding tert-OH is 3. The largest absolute Gasteiger partial charge is 0.504 e. The molecule has 2 aromatic rings. The Kier molecular flexibility index (Phi) is 8.25. The molecule has 5 aliphatic heterocycles. The molecule has 6 N–H and O–H groups in total. The highest BCUT2D eigenvalue weighted by Gasteiger charge is 2.59. The van der Waals surface area contributed by atoms with E-state index in [-0.39, 0.29) is 34.6 Å². The SMILES string of the molecule is CN(C)C1C(O)C(O)C(O[C@]23C=CC=C2c2c4ccc(c2Cl)[C@@H](O)COC(=O)C[C@H](N)c2cc(O)c(c(Cl)c2)O[C@H]43)OC1(C)C. The third-order valence-corrected chi connectivity index (χ3v) is 9.67. The molecule has 4 unspecified atom stereocenters. The zero-order chi connectivity index (χ0) is 32.6. The Bertz CT molecular complexity index is 1570. The number of aliphatic hydroxyl groups is 3. The molecular formula is C32H36Cl2N2O9. The smallest absolute Gasteiger partial charge is 0.307 e. The standard InChI is InChI=1S/C32H36Cl2N2O9/c1-31(2)28(36(3)4)25(40)26(41)30(44-31)45-32-9-5-6-17(32)23-16-8-7-15(24(23)34)21(38)13-42-22(39)12-19(35)14-10-18(33)27(20(37)11-14)43-29(16)32/h5-11,19,21,25-26,28-30,37-38,40-41H,12-13,35H2,1-4H3/t19-,21-,25?,26?,28?,29+,30?,32+/m0/s1. The molecule has 1 fully saturated rings. The van der Waals surface area contributed by atoms with Crippen LogP contribution < -0.4 is 10.5 Å². The molecule has 2 aromatic carbocycles. The van der Waals surface area contributed by atoms with E-state index in [0.29, 0.717) is 27.8 Å². The number of rotatable bonds is 3. The maximum absolute atomic E-state index is 12.6. The van der Waals surface area contributed by atoms with Crippen LogP contribution in [0.15, 0.2) is 42.5 Å². The number of phenols is 1. The average Bonchev–Trinajstić information content (AvgIpc) is 3.46. The first-order chi connectivity index (χ1) is 21.2. The van der Waals surface area contributed by atoms with Gasteiger partial charge in [-0.3, -0.25) is 4.79 Å². The van der Waals surface area contributed by atoms with Gasteiger partial charge in [-0.15, -0.1) is 0 Å². The van der Waals surface area contributed by atoms with Crippen molar-refractivity contribution in [1.29, 1.82) is 0 Å². The lowest BCUT2D eigenvalue weighted by Gasteiger charge is -2.51. The molecular weight excluding hydrogens is 627 g/mol. The van der Waals surface area contributed by atoms with Crippen molar-refractivity contribution in [2.24, 2.45) is 5.73 Å². The predicted octanol–water partition coefficient (Wildman–Crippen LogP) is 3.31. The van der Waals surface area contributed by atoms with E-state index in [1.165, 1.54) is 12.1 Å². The zero-order valence-corrected chi connectivity index (χ0v) is 26.6. The van der Waals surface area contributed by atoms with Crippen LogP contribution in [0.2, 0.25) is 10.0 Å². The van der Waals surface area contributed by atoms with Crippen molar-refractivity contribution in [3.63, 3.8) is 0 Å². The second-order valence-corrected chi connectivity index (χ2v) is 13.4. The quantitative estimate of drug-likeness (QED) is 0.306. The van der Waals surface area contributed by atoms with Crippen molar-refractivity contribution in [1.82, 2.24) is 4.90 Å². The van der Waals surface area contributed by atoms with Crippen LogP contribution in [0, 0.1) is 0 Å². The highest BCUT2D eigenvalue weighted by atomic mass is 35.5. The Morgan fingerprint density at radius 2 is 1.80 bits per heavy atom. The minimum atomic E-state index is -1.49. The van der Waals surface area contributed by atoms with Crippen LogP contribution in [0.1, 0.15) is 60.8 Å². The van der Waals surface area contributed by atoms with E-state index in [0.717, 1.165) is 0 Å². The average molecular weight is 664 g/mol. The van der Waals surface area contributed by atoms with Gasteiger partial charge >= 0.3 is 5.97 Å². The lowest BCUT2D eigenvalue weighted by molar-refractivity contribution is -0.329. The van der Waals surface area contributed by atoms with E-state index in [4.69, 9.17) is 47.9 Å². The molecule has 5 heterocycles. The van der Waals surface area contributed by atoms with Gasteiger partial charge in [-0.25, -0.2) is 0 Å². The molecule has 0 radical (unpaired) electrons. The summed E-state index contributed by atoms with van der Waals surface area (Å²) < 4.78 is 24.8. The Morgan fingerprint density at radius 1 is 1.09 bits per heavy atom. The summed E-state index contributed by atoms with van der Waals surface area (Å²) in [6.45, 7) is 3.22. The highest BCUT2D eigenvalue weighted by molar-refractivity contribution is 6.34. The zero-order valence-electron chi connectivity index (χ0n) is 25.1. The summed E-state index contributed by atoms with van der Waals surface area (Å²) in [5, 5.41) is 44.8. The predicted molar refractivity (Wildman–Crippen MR) is 165 cm³/mol. The molecule has 9 rings (SSSR count). The molecule has 1 saturated heterocycles. The minimum Gasteiger partial charge on any atom is -0.504 e. The molecule has 0 aromatic heterocycles. The number of benzene rings is 2. The van der Waals surface area contributed by atoms with E-state index in [1.54, 1.807) is 63.2 Å². The van der Waals surface area contributed by atoms with Gasteiger partial charge in [0, 0.05) is 28.3 Å². The number of hydrogen-bond acceptors (Lipinski definition) is 11. The first-order valence-corrected chi connectivity index (χ1v) is 15.3. The fraction of sp³-hybridized carbons (Fsp3) is 0.469. The number of likely N-dealkylation sites (N-methyl/N-ethyl adjacent to an activating group) is 1. The van der Waals surface area contributed by atoms with Gasteiger partial charge < -0.3 is 50.0 Å². The first-order valence-electron chi connectivity index (χ1n) is 14.6. The van der Waals surface area contributed by atoms with Crippen LogP contribution in [0.25, 0.3) is 5.57 Å². The fourth-order valence-corrected chi connectivity index (χ4v) is 7.66. The Hall–Kier alpha value is -2.71. The summed E-state index contributed by atoms with van der Waals surface area (Å²) >= 11 is 13.6. The van der Waals surface area contributed by atoms with Gasteiger partial charge in [0.2, 0.25) is 0 Å². The highest BCUT2D eigenvalue weighted by Crippen LogP contribution is 2.59. The van der Waals surface area contributed by atoms with E-state index in [9.17, 15) is 25.2 Å². The molecule has 8 atom stereocenters. The van der Waals surface area contributed by atoms with Gasteiger partial charge in [0.25, 0.3) is 0 Å². The van der Waals surface area contributed by atoms with Crippen LogP contribution in [0.3, 0.4) is 0 Å². The van der Waals surface area contributed by atoms with Crippen LogP contribution in [0.4, 0.5) is 0 Å². The monoisotopic (exact) mass is 662 g/mol.